The fourth-order valence-corrected chi connectivity index (χ4v) is 1.75. The third kappa shape index (κ3) is 5.58. The van der Waals surface area contributed by atoms with Crippen LogP contribution in [0.1, 0.15) is 11.1 Å². The van der Waals surface area contributed by atoms with Crippen molar-refractivity contribution >= 4 is 35.6 Å². The van der Waals surface area contributed by atoms with Crippen LogP contribution in [-0.4, -0.2) is 18.1 Å². The molecular formula is C15H19IN4O. The Morgan fingerprint density at radius 3 is 2.86 bits per heavy atom. The zero-order valence-electron chi connectivity index (χ0n) is 12.0. The number of rotatable bonds is 4. The summed E-state index contributed by atoms with van der Waals surface area (Å²) in [5.41, 5.74) is 8.96. The van der Waals surface area contributed by atoms with Crippen LogP contribution in [0.5, 0.6) is 5.88 Å². The Labute approximate surface area is 141 Å². The molecule has 0 saturated carbocycles. The summed E-state index contributed by atoms with van der Waals surface area (Å²) in [5, 5.41) is 3.06. The van der Waals surface area contributed by atoms with Gasteiger partial charge in [-0.25, -0.2) is 9.98 Å². The summed E-state index contributed by atoms with van der Waals surface area (Å²) < 4.78 is 5.06. The lowest BCUT2D eigenvalue weighted by Gasteiger charge is -2.06. The van der Waals surface area contributed by atoms with Crippen LogP contribution < -0.4 is 15.8 Å². The lowest BCUT2D eigenvalue weighted by Crippen LogP contribution is -2.22. The maximum Gasteiger partial charge on any atom is 0.213 e. The molecule has 6 heteroatoms. The number of nitrogens with zero attached hydrogens (tertiary/aromatic N) is 2. The molecule has 1 heterocycles. The van der Waals surface area contributed by atoms with Crippen molar-refractivity contribution in [3.63, 3.8) is 0 Å². The van der Waals surface area contributed by atoms with Gasteiger partial charge in [-0.1, -0.05) is 12.1 Å². The van der Waals surface area contributed by atoms with Crippen LogP contribution in [0.2, 0.25) is 0 Å². The molecule has 0 saturated heterocycles. The number of hydrogen-bond donors (Lipinski definition) is 2. The summed E-state index contributed by atoms with van der Waals surface area (Å²) in [6.45, 7) is 2.51. The first-order valence-electron chi connectivity index (χ1n) is 6.30. The Morgan fingerprint density at radius 1 is 1.33 bits per heavy atom. The van der Waals surface area contributed by atoms with Gasteiger partial charge in [0.25, 0.3) is 0 Å². The standard InChI is InChI=1S/C15H18N4O.HI/c1-11-4-3-5-13(8-11)19-15(16)18-10-12-6-7-17-14(9-12)20-2;/h3-9H,10H2,1-2H3,(H3,16,18,19);1H. The van der Waals surface area contributed by atoms with Gasteiger partial charge in [0.05, 0.1) is 13.7 Å². The average Bonchev–Trinajstić information content (AvgIpc) is 2.45. The molecule has 3 N–H and O–H groups in total. The number of anilines is 1. The maximum absolute atomic E-state index is 5.87. The van der Waals surface area contributed by atoms with Crippen LogP contribution in [-0.2, 0) is 6.54 Å². The number of nitrogens with one attached hydrogen (secondary N) is 1. The number of nitrogens with two attached hydrogens (primary N) is 1. The number of hydrogen-bond acceptors (Lipinski definition) is 3. The SMILES string of the molecule is COc1cc(CN=C(N)Nc2cccc(C)c2)ccn1.I. The van der Waals surface area contributed by atoms with Gasteiger partial charge in [0.15, 0.2) is 5.96 Å². The van der Waals surface area contributed by atoms with Crippen LogP contribution in [0.25, 0.3) is 0 Å². The zero-order chi connectivity index (χ0) is 14.4. The van der Waals surface area contributed by atoms with Gasteiger partial charge in [0, 0.05) is 18.0 Å². The highest BCUT2D eigenvalue weighted by Crippen LogP contribution is 2.11. The van der Waals surface area contributed by atoms with E-state index in [2.05, 4.69) is 15.3 Å². The highest BCUT2D eigenvalue weighted by molar-refractivity contribution is 14.0. The van der Waals surface area contributed by atoms with Crippen LogP contribution in [0, 0.1) is 6.92 Å². The van der Waals surface area contributed by atoms with Crippen molar-refractivity contribution in [1.82, 2.24) is 4.98 Å². The Kier molecular flexibility index (Phi) is 6.93. The highest BCUT2D eigenvalue weighted by atomic mass is 127. The molecule has 0 spiro atoms. The molecule has 0 fully saturated rings. The van der Waals surface area contributed by atoms with Crippen molar-refractivity contribution in [2.75, 3.05) is 12.4 Å². The van der Waals surface area contributed by atoms with E-state index >= 15 is 0 Å². The quantitative estimate of drug-likeness (QED) is 0.472. The minimum atomic E-state index is 0. The molecular weight excluding hydrogens is 379 g/mol. The second-order valence-corrected chi connectivity index (χ2v) is 4.40. The Hall–Kier alpha value is -1.83. The molecule has 112 valence electrons. The number of benzene rings is 1. The van der Waals surface area contributed by atoms with E-state index in [4.69, 9.17) is 10.5 Å². The maximum atomic E-state index is 5.87. The Morgan fingerprint density at radius 2 is 2.14 bits per heavy atom. The minimum Gasteiger partial charge on any atom is -0.481 e. The third-order valence-corrected chi connectivity index (χ3v) is 2.73. The first kappa shape index (κ1) is 17.2. The summed E-state index contributed by atoms with van der Waals surface area (Å²) in [7, 11) is 1.59. The van der Waals surface area contributed by atoms with E-state index < -0.39 is 0 Å². The predicted octanol–water partition coefficient (Wildman–Crippen LogP) is 2.94. The molecule has 1 aromatic carbocycles. The number of methoxy groups -OCH3 is 1. The van der Waals surface area contributed by atoms with E-state index in [-0.39, 0.29) is 24.0 Å². The summed E-state index contributed by atoms with van der Waals surface area (Å²) >= 11 is 0. The monoisotopic (exact) mass is 398 g/mol. The van der Waals surface area contributed by atoms with Gasteiger partial charge in [0.2, 0.25) is 5.88 Å². The van der Waals surface area contributed by atoms with Gasteiger partial charge in [-0.05, 0) is 36.2 Å². The van der Waals surface area contributed by atoms with E-state index in [1.54, 1.807) is 13.3 Å². The molecule has 0 aliphatic rings. The van der Waals surface area contributed by atoms with Crippen molar-refractivity contribution in [2.45, 2.75) is 13.5 Å². The van der Waals surface area contributed by atoms with Gasteiger partial charge < -0.3 is 15.8 Å². The number of ether oxygens (including phenoxy) is 1. The number of aryl methyl sites for hydroxylation is 1. The van der Waals surface area contributed by atoms with Gasteiger partial charge in [0.1, 0.15) is 0 Å². The van der Waals surface area contributed by atoms with Gasteiger partial charge in [-0.3, -0.25) is 0 Å². The lowest BCUT2D eigenvalue weighted by atomic mass is 10.2. The molecule has 0 bridgehead atoms. The summed E-state index contributed by atoms with van der Waals surface area (Å²) in [4.78, 5) is 8.34. The fraction of sp³-hybridized carbons (Fsp3) is 0.200. The lowest BCUT2D eigenvalue weighted by molar-refractivity contribution is 0.397. The van der Waals surface area contributed by atoms with Gasteiger partial charge in [-0.15, -0.1) is 24.0 Å². The van der Waals surface area contributed by atoms with E-state index in [9.17, 15) is 0 Å². The number of halogens is 1. The second-order valence-electron chi connectivity index (χ2n) is 4.40. The summed E-state index contributed by atoms with van der Waals surface area (Å²) in [6.07, 6.45) is 1.69. The van der Waals surface area contributed by atoms with Crippen molar-refractivity contribution in [3.05, 3.63) is 53.7 Å². The van der Waals surface area contributed by atoms with Crippen LogP contribution >= 0.6 is 24.0 Å². The van der Waals surface area contributed by atoms with E-state index in [0.717, 1.165) is 11.3 Å². The molecule has 5 nitrogen and oxygen atoms in total. The fourth-order valence-electron chi connectivity index (χ4n) is 1.75. The van der Waals surface area contributed by atoms with Crippen LogP contribution in [0.3, 0.4) is 0 Å². The van der Waals surface area contributed by atoms with Crippen molar-refractivity contribution in [1.29, 1.82) is 0 Å². The van der Waals surface area contributed by atoms with Gasteiger partial charge >= 0.3 is 0 Å². The van der Waals surface area contributed by atoms with Crippen molar-refractivity contribution < 1.29 is 4.74 Å². The number of pyridine rings is 1. The molecule has 0 amide bonds. The van der Waals surface area contributed by atoms with Crippen LogP contribution in [0.4, 0.5) is 5.69 Å². The van der Waals surface area contributed by atoms with Crippen molar-refractivity contribution in [3.8, 4) is 5.88 Å². The van der Waals surface area contributed by atoms with E-state index in [0.29, 0.717) is 18.4 Å². The highest BCUT2D eigenvalue weighted by Gasteiger charge is 1.98. The molecule has 2 aromatic rings. The number of aliphatic imine (C=N–C) groups is 1. The first-order valence-corrected chi connectivity index (χ1v) is 6.30. The minimum absolute atomic E-state index is 0. The molecule has 0 radical (unpaired) electrons. The van der Waals surface area contributed by atoms with Crippen LogP contribution in [0.15, 0.2) is 47.6 Å². The van der Waals surface area contributed by atoms with E-state index in [1.165, 1.54) is 5.56 Å². The molecule has 0 aliphatic heterocycles. The largest absolute Gasteiger partial charge is 0.481 e. The third-order valence-electron chi connectivity index (χ3n) is 2.73. The molecule has 0 aliphatic carbocycles. The molecule has 2 rings (SSSR count). The summed E-state index contributed by atoms with van der Waals surface area (Å²) in [5.74, 6) is 0.953. The topological polar surface area (TPSA) is 72.5 Å². The normalized spacial score (nSPS) is 10.7. The average molecular weight is 398 g/mol. The molecule has 21 heavy (non-hydrogen) atoms. The molecule has 0 atom stereocenters. The predicted molar refractivity (Wildman–Crippen MR) is 96.3 cm³/mol. The molecule has 0 unspecified atom stereocenters. The van der Waals surface area contributed by atoms with Crippen molar-refractivity contribution in [2.24, 2.45) is 10.7 Å². The second kappa shape index (κ2) is 8.46. The van der Waals surface area contributed by atoms with Gasteiger partial charge in [-0.2, -0.15) is 0 Å². The van der Waals surface area contributed by atoms with E-state index in [1.807, 2.05) is 43.3 Å². The summed E-state index contributed by atoms with van der Waals surface area (Å²) in [6, 6.07) is 11.7. The first-order chi connectivity index (χ1) is 9.67. The smallest absolute Gasteiger partial charge is 0.213 e. The Balaban J connectivity index is 0.00000220. The molecule has 1 aromatic heterocycles. The zero-order valence-corrected chi connectivity index (χ0v) is 14.4. The number of guanidine groups is 1. The Bertz CT molecular complexity index is 616. The number of aromatic nitrogens is 1.